The van der Waals surface area contributed by atoms with E-state index in [9.17, 15) is 14.3 Å². The van der Waals surface area contributed by atoms with E-state index in [0.29, 0.717) is 12.0 Å². The fourth-order valence-electron chi connectivity index (χ4n) is 4.52. The van der Waals surface area contributed by atoms with Gasteiger partial charge >= 0.3 is 5.97 Å². The molecule has 1 fully saturated rings. The minimum Gasteiger partial charge on any atom is -0.478 e. The van der Waals surface area contributed by atoms with Crippen LogP contribution in [0, 0.1) is 0 Å². The Labute approximate surface area is 191 Å². The van der Waals surface area contributed by atoms with Gasteiger partial charge in [-0.2, -0.15) is 0 Å². The number of carboxylic acids is 1. The van der Waals surface area contributed by atoms with E-state index in [1.54, 1.807) is 6.07 Å². The number of aryl methyl sites for hydroxylation is 1. The Morgan fingerprint density at radius 1 is 1.13 bits per heavy atom. The fourth-order valence-corrected chi connectivity index (χ4v) is 5.24. The Hall–Kier alpha value is -2.24. The summed E-state index contributed by atoms with van der Waals surface area (Å²) in [6.07, 6.45) is 6.71. The molecular formula is C26H27BrFNO2. The molecule has 1 N–H and O–H groups in total. The minimum atomic E-state index is -0.885. The highest BCUT2D eigenvalue weighted by molar-refractivity contribution is 9.11. The Morgan fingerprint density at radius 3 is 2.68 bits per heavy atom. The van der Waals surface area contributed by atoms with Gasteiger partial charge in [-0.1, -0.05) is 57.9 Å². The maximum atomic E-state index is 12.4. The summed E-state index contributed by atoms with van der Waals surface area (Å²) >= 11 is 3.79. The van der Waals surface area contributed by atoms with Crippen LogP contribution in [-0.4, -0.2) is 42.3 Å². The third kappa shape index (κ3) is 5.16. The summed E-state index contributed by atoms with van der Waals surface area (Å²) < 4.78 is 13.6. The molecule has 2 aliphatic rings. The molecule has 2 aromatic rings. The molecule has 31 heavy (non-hydrogen) atoms. The first kappa shape index (κ1) is 22.0. The van der Waals surface area contributed by atoms with E-state index in [-0.39, 0.29) is 6.67 Å². The van der Waals surface area contributed by atoms with Crippen molar-refractivity contribution in [1.82, 2.24) is 4.90 Å². The third-order valence-corrected chi connectivity index (χ3v) is 6.88. The maximum absolute atomic E-state index is 12.4. The van der Waals surface area contributed by atoms with Crippen molar-refractivity contribution in [1.29, 1.82) is 0 Å². The second-order valence-corrected chi connectivity index (χ2v) is 9.26. The highest BCUT2D eigenvalue weighted by atomic mass is 79.9. The number of allylic oxidation sites excluding steroid dienone is 1. The van der Waals surface area contributed by atoms with Crippen molar-refractivity contribution >= 4 is 33.5 Å². The van der Waals surface area contributed by atoms with Crippen LogP contribution in [-0.2, 0) is 6.42 Å². The van der Waals surface area contributed by atoms with Gasteiger partial charge in [-0.05, 0) is 72.1 Å². The molecule has 0 aromatic heterocycles. The molecule has 0 amide bonds. The van der Waals surface area contributed by atoms with Crippen LogP contribution in [0.1, 0.15) is 58.3 Å². The lowest BCUT2D eigenvalue weighted by atomic mass is 9.92. The number of likely N-dealkylation sites (tertiary alicyclic amines) is 1. The predicted molar refractivity (Wildman–Crippen MR) is 127 cm³/mol. The Kier molecular flexibility index (Phi) is 7.03. The fraction of sp³-hybridized carbons (Fsp3) is 0.346. The summed E-state index contributed by atoms with van der Waals surface area (Å²) in [7, 11) is 0. The van der Waals surface area contributed by atoms with Gasteiger partial charge in [0.15, 0.2) is 0 Å². The van der Waals surface area contributed by atoms with Gasteiger partial charge in [0.25, 0.3) is 0 Å². The van der Waals surface area contributed by atoms with Crippen LogP contribution in [0.5, 0.6) is 0 Å². The number of hydrogen-bond donors (Lipinski definition) is 1. The first-order chi connectivity index (χ1) is 15.0. The number of halogens is 2. The van der Waals surface area contributed by atoms with E-state index in [1.165, 1.54) is 15.6 Å². The van der Waals surface area contributed by atoms with Gasteiger partial charge in [-0.3, -0.25) is 9.29 Å². The standard InChI is InChI=1S/C26H27BrFNO2/c27-24-4-1-3-21-16-22(26(30)31)9-10-23(21)25(24)20-7-5-18(6-8-20)15-19-11-14-29(17-19)13-2-12-28/h5-10,15-16H,1-4,11-14,17H2,(H,30,31)/b19-15+. The van der Waals surface area contributed by atoms with Crippen LogP contribution in [0.3, 0.4) is 0 Å². The van der Waals surface area contributed by atoms with E-state index < -0.39 is 5.97 Å². The van der Waals surface area contributed by atoms with Crippen molar-refractivity contribution in [2.45, 2.75) is 32.1 Å². The van der Waals surface area contributed by atoms with Crippen molar-refractivity contribution in [3.63, 3.8) is 0 Å². The van der Waals surface area contributed by atoms with Crippen molar-refractivity contribution in [3.05, 3.63) is 80.3 Å². The summed E-state index contributed by atoms with van der Waals surface area (Å²) in [5.41, 5.74) is 7.41. The van der Waals surface area contributed by atoms with Crippen LogP contribution in [0.4, 0.5) is 4.39 Å². The molecular weight excluding hydrogens is 457 g/mol. The molecule has 4 rings (SSSR count). The SMILES string of the molecule is O=C(O)c1ccc2c(c1)CCCC(Br)=C2c1ccc(/C=C2\CCN(CCCF)C2)cc1. The van der Waals surface area contributed by atoms with Crippen molar-refractivity contribution in [2.75, 3.05) is 26.3 Å². The second-order valence-electron chi connectivity index (χ2n) is 8.30. The molecule has 0 unspecified atom stereocenters. The van der Waals surface area contributed by atoms with Gasteiger partial charge in [0.05, 0.1) is 12.2 Å². The number of carbonyl (C=O) groups is 1. The number of benzene rings is 2. The maximum Gasteiger partial charge on any atom is 0.335 e. The topological polar surface area (TPSA) is 40.5 Å². The smallest absolute Gasteiger partial charge is 0.335 e. The molecule has 0 atom stereocenters. The highest BCUT2D eigenvalue weighted by Gasteiger charge is 2.20. The summed E-state index contributed by atoms with van der Waals surface area (Å²) in [5.74, 6) is -0.885. The molecule has 3 nitrogen and oxygen atoms in total. The second kappa shape index (κ2) is 9.92. The van der Waals surface area contributed by atoms with E-state index in [0.717, 1.165) is 67.6 Å². The first-order valence-electron chi connectivity index (χ1n) is 10.9. The van der Waals surface area contributed by atoms with Gasteiger partial charge in [0.2, 0.25) is 0 Å². The molecule has 1 saturated heterocycles. The molecule has 1 aliphatic heterocycles. The van der Waals surface area contributed by atoms with Crippen molar-refractivity contribution in [2.24, 2.45) is 0 Å². The Balaban J connectivity index is 1.58. The number of rotatable bonds is 6. The average molecular weight is 484 g/mol. The molecule has 0 saturated carbocycles. The summed E-state index contributed by atoms with van der Waals surface area (Å²) in [4.78, 5) is 13.7. The van der Waals surface area contributed by atoms with Crippen LogP contribution in [0.15, 0.2) is 52.5 Å². The van der Waals surface area contributed by atoms with Crippen molar-refractivity contribution < 1.29 is 14.3 Å². The summed E-state index contributed by atoms with van der Waals surface area (Å²) in [5, 5.41) is 9.35. The summed E-state index contributed by atoms with van der Waals surface area (Å²) in [6.45, 7) is 2.53. The molecule has 162 valence electrons. The van der Waals surface area contributed by atoms with Gasteiger partial charge in [-0.25, -0.2) is 4.79 Å². The Morgan fingerprint density at radius 2 is 1.94 bits per heavy atom. The van der Waals surface area contributed by atoms with Crippen LogP contribution < -0.4 is 0 Å². The number of fused-ring (bicyclic) bond motifs is 1. The van der Waals surface area contributed by atoms with E-state index >= 15 is 0 Å². The lowest BCUT2D eigenvalue weighted by Crippen LogP contribution is -2.20. The number of nitrogens with zero attached hydrogens (tertiary/aromatic N) is 1. The number of hydrogen-bond acceptors (Lipinski definition) is 2. The quantitative estimate of drug-likeness (QED) is 0.522. The first-order valence-corrected chi connectivity index (χ1v) is 11.7. The molecule has 0 radical (unpaired) electrons. The van der Waals surface area contributed by atoms with Gasteiger partial charge in [0, 0.05) is 24.1 Å². The molecule has 0 spiro atoms. The lowest BCUT2D eigenvalue weighted by molar-refractivity contribution is 0.0696. The largest absolute Gasteiger partial charge is 0.478 e. The van der Waals surface area contributed by atoms with E-state index in [2.05, 4.69) is 51.2 Å². The molecule has 2 aromatic carbocycles. The van der Waals surface area contributed by atoms with E-state index in [1.807, 2.05) is 12.1 Å². The van der Waals surface area contributed by atoms with Gasteiger partial charge in [-0.15, -0.1) is 0 Å². The minimum absolute atomic E-state index is 0.247. The predicted octanol–water partition coefficient (Wildman–Crippen LogP) is 6.32. The number of aromatic carboxylic acids is 1. The number of alkyl halides is 1. The Bertz CT molecular complexity index is 1030. The summed E-state index contributed by atoms with van der Waals surface area (Å²) in [6, 6.07) is 14.1. The van der Waals surface area contributed by atoms with E-state index in [4.69, 9.17) is 0 Å². The zero-order valence-corrected chi connectivity index (χ0v) is 19.1. The zero-order valence-electron chi connectivity index (χ0n) is 17.5. The van der Waals surface area contributed by atoms with Crippen LogP contribution in [0.25, 0.3) is 11.6 Å². The lowest BCUT2D eigenvalue weighted by Gasteiger charge is -2.14. The average Bonchev–Trinajstić information content (AvgIpc) is 3.14. The van der Waals surface area contributed by atoms with Gasteiger partial charge in [0.1, 0.15) is 0 Å². The van der Waals surface area contributed by atoms with Gasteiger partial charge < -0.3 is 5.11 Å². The monoisotopic (exact) mass is 483 g/mol. The molecule has 5 heteroatoms. The normalized spacial score (nSPS) is 18.3. The zero-order chi connectivity index (χ0) is 21.8. The highest BCUT2D eigenvalue weighted by Crippen LogP contribution is 2.38. The molecule has 1 aliphatic carbocycles. The van der Waals surface area contributed by atoms with Crippen LogP contribution >= 0.6 is 15.9 Å². The van der Waals surface area contributed by atoms with Crippen LogP contribution in [0.2, 0.25) is 0 Å². The number of carboxylic acid groups (broad SMARTS) is 1. The molecule has 1 heterocycles. The third-order valence-electron chi connectivity index (χ3n) is 6.09. The van der Waals surface area contributed by atoms with Crippen molar-refractivity contribution in [3.8, 4) is 0 Å². The molecule has 0 bridgehead atoms.